The van der Waals surface area contributed by atoms with Crippen LogP contribution in [-0.4, -0.2) is 58.1 Å². The van der Waals surface area contributed by atoms with Crippen molar-refractivity contribution in [3.63, 3.8) is 0 Å². The summed E-state index contributed by atoms with van der Waals surface area (Å²) in [6.07, 6.45) is 0.978. The molecule has 4 rings (SSSR count). The van der Waals surface area contributed by atoms with Crippen molar-refractivity contribution in [2.45, 2.75) is 44.3 Å². The van der Waals surface area contributed by atoms with E-state index < -0.39 is 12.2 Å². The molecule has 2 aromatic carbocycles. The van der Waals surface area contributed by atoms with Crippen molar-refractivity contribution in [2.24, 2.45) is 0 Å². The fourth-order valence-corrected chi connectivity index (χ4v) is 3.92. The van der Waals surface area contributed by atoms with Gasteiger partial charge in [0.2, 0.25) is 5.91 Å². The molecule has 7 heteroatoms. The first-order chi connectivity index (χ1) is 15.1. The number of nitrogens with zero attached hydrogens (tertiary/aromatic N) is 2. The molecule has 1 aliphatic heterocycles. The Labute approximate surface area is 181 Å². The summed E-state index contributed by atoms with van der Waals surface area (Å²) in [5.41, 5.74) is 2.34. The van der Waals surface area contributed by atoms with Crippen molar-refractivity contribution in [1.82, 2.24) is 10.1 Å². The largest absolute Gasteiger partial charge is 0.491 e. The standard InChI is InChI=1S/C24H28N2O5/c27-20-12-14-26(24(29)15-19-18-9-2-4-11-23(18)31-25-19)13-6-5-8-17-7-1-3-10-22(17)30-16-21(20)28/h1-4,7,9-11,20-21,27-28H,5-6,8,12-16H2/t20-,21+/m0/s1. The molecule has 0 unspecified atom stereocenters. The average Bonchev–Trinajstić information content (AvgIpc) is 3.19. The Morgan fingerprint density at radius 3 is 2.74 bits per heavy atom. The molecule has 2 N–H and O–H groups in total. The van der Waals surface area contributed by atoms with Crippen LogP contribution in [0.25, 0.3) is 11.0 Å². The van der Waals surface area contributed by atoms with Gasteiger partial charge < -0.3 is 24.4 Å². The number of aryl methyl sites for hydroxylation is 1. The third-order valence-electron chi connectivity index (χ3n) is 5.77. The molecule has 0 spiro atoms. The Balaban J connectivity index is 1.46. The molecular formula is C24H28N2O5. The van der Waals surface area contributed by atoms with Crippen molar-refractivity contribution >= 4 is 16.9 Å². The SMILES string of the molecule is O=C(Cc1noc2ccccc12)N1CCCCc2ccccc2OC[C@@H](O)[C@@H](O)CC1. The van der Waals surface area contributed by atoms with E-state index in [9.17, 15) is 15.0 Å². The summed E-state index contributed by atoms with van der Waals surface area (Å²) in [5, 5.41) is 25.6. The summed E-state index contributed by atoms with van der Waals surface area (Å²) in [7, 11) is 0. The van der Waals surface area contributed by atoms with Crippen molar-refractivity contribution < 1.29 is 24.3 Å². The van der Waals surface area contributed by atoms with Crippen LogP contribution >= 0.6 is 0 Å². The minimum Gasteiger partial charge on any atom is -0.491 e. The van der Waals surface area contributed by atoms with Gasteiger partial charge in [-0.15, -0.1) is 0 Å². The van der Waals surface area contributed by atoms with Crippen LogP contribution in [-0.2, 0) is 17.6 Å². The summed E-state index contributed by atoms with van der Waals surface area (Å²) >= 11 is 0. The van der Waals surface area contributed by atoms with Gasteiger partial charge in [0.05, 0.1) is 12.5 Å². The lowest BCUT2D eigenvalue weighted by atomic mass is 10.1. The van der Waals surface area contributed by atoms with E-state index >= 15 is 0 Å². The number of aromatic nitrogens is 1. The van der Waals surface area contributed by atoms with Crippen LogP contribution in [0, 0.1) is 0 Å². The van der Waals surface area contributed by atoms with E-state index in [1.807, 2.05) is 48.5 Å². The molecule has 1 amide bonds. The van der Waals surface area contributed by atoms with E-state index in [0.29, 0.717) is 24.4 Å². The highest BCUT2D eigenvalue weighted by molar-refractivity contribution is 5.86. The molecule has 0 aliphatic carbocycles. The van der Waals surface area contributed by atoms with Gasteiger partial charge in [0.15, 0.2) is 5.58 Å². The lowest BCUT2D eigenvalue weighted by Gasteiger charge is -2.25. The molecule has 0 fully saturated rings. The van der Waals surface area contributed by atoms with Gasteiger partial charge in [0.25, 0.3) is 0 Å². The number of hydrogen-bond acceptors (Lipinski definition) is 6. The van der Waals surface area contributed by atoms with Gasteiger partial charge in [-0.1, -0.05) is 35.5 Å². The maximum atomic E-state index is 13.1. The first-order valence-electron chi connectivity index (χ1n) is 10.8. The Kier molecular flexibility index (Phi) is 6.84. The number of carbonyl (C=O) groups excluding carboxylic acids is 1. The highest BCUT2D eigenvalue weighted by Crippen LogP contribution is 2.22. The second-order valence-electron chi connectivity index (χ2n) is 7.98. The maximum absolute atomic E-state index is 13.1. The van der Waals surface area contributed by atoms with Crippen molar-refractivity contribution in [3.8, 4) is 5.75 Å². The third kappa shape index (κ3) is 5.24. The minimum atomic E-state index is -1.02. The van der Waals surface area contributed by atoms with Gasteiger partial charge in [0.1, 0.15) is 24.2 Å². The Morgan fingerprint density at radius 1 is 1.03 bits per heavy atom. The molecule has 7 nitrogen and oxygen atoms in total. The molecule has 1 aromatic heterocycles. The fourth-order valence-electron chi connectivity index (χ4n) is 3.92. The Hall–Kier alpha value is -2.90. The second-order valence-corrected chi connectivity index (χ2v) is 7.98. The number of hydrogen-bond donors (Lipinski definition) is 2. The van der Waals surface area contributed by atoms with E-state index in [1.54, 1.807) is 4.90 Å². The number of aliphatic hydroxyl groups is 2. The molecule has 2 atom stereocenters. The van der Waals surface area contributed by atoms with Crippen LogP contribution in [0.3, 0.4) is 0 Å². The van der Waals surface area contributed by atoms with Crippen LogP contribution in [0.5, 0.6) is 5.75 Å². The highest BCUT2D eigenvalue weighted by Gasteiger charge is 2.23. The molecule has 31 heavy (non-hydrogen) atoms. The first kappa shape index (κ1) is 21.3. The van der Waals surface area contributed by atoms with E-state index in [4.69, 9.17) is 9.26 Å². The number of rotatable bonds is 2. The van der Waals surface area contributed by atoms with E-state index in [0.717, 1.165) is 36.0 Å². The summed E-state index contributed by atoms with van der Waals surface area (Å²) in [6.45, 7) is 0.956. The average molecular weight is 424 g/mol. The number of ether oxygens (including phenoxy) is 1. The minimum absolute atomic E-state index is 0.0110. The molecule has 3 aromatic rings. The van der Waals surface area contributed by atoms with Crippen LogP contribution in [0.15, 0.2) is 53.1 Å². The summed E-state index contributed by atoms with van der Waals surface area (Å²) in [5.74, 6) is 0.672. The molecule has 1 aliphatic rings. The Bertz CT molecular complexity index is 1020. The summed E-state index contributed by atoms with van der Waals surface area (Å²) < 4.78 is 11.1. The number of benzene rings is 2. The predicted molar refractivity (Wildman–Crippen MR) is 116 cm³/mol. The lowest BCUT2D eigenvalue weighted by molar-refractivity contribution is -0.131. The summed E-state index contributed by atoms with van der Waals surface area (Å²) in [6, 6.07) is 15.2. The third-order valence-corrected chi connectivity index (χ3v) is 5.77. The number of fused-ring (bicyclic) bond motifs is 2. The second kappa shape index (κ2) is 9.94. The molecule has 0 radical (unpaired) electrons. The van der Waals surface area contributed by atoms with Gasteiger partial charge >= 0.3 is 0 Å². The van der Waals surface area contributed by atoms with E-state index in [-0.39, 0.29) is 25.4 Å². The predicted octanol–water partition coefficient (Wildman–Crippen LogP) is 2.73. The zero-order chi connectivity index (χ0) is 21.6. The number of aliphatic hydroxyl groups excluding tert-OH is 2. The highest BCUT2D eigenvalue weighted by atomic mass is 16.5. The van der Waals surface area contributed by atoms with Crippen molar-refractivity contribution in [3.05, 3.63) is 59.8 Å². The molecule has 0 bridgehead atoms. The van der Waals surface area contributed by atoms with Crippen LogP contribution in [0.1, 0.15) is 30.5 Å². The van der Waals surface area contributed by atoms with Crippen molar-refractivity contribution in [2.75, 3.05) is 19.7 Å². The number of amides is 1. The van der Waals surface area contributed by atoms with E-state index in [1.165, 1.54) is 0 Å². The van der Waals surface area contributed by atoms with Gasteiger partial charge in [-0.2, -0.15) is 0 Å². The zero-order valence-electron chi connectivity index (χ0n) is 17.4. The molecule has 2 heterocycles. The van der Waals surface area contributed by atoms with Crippen LogP contribution < -0.4 is 4.74 Å². The van der Waals surface area contributed by atoms with Gasteiger partial charge in [-0.05, 0) is 49.4 Å². The van der Waals surface area contributed by atoms with Crippen LogP contribution in [0.2, 0.25) is 0 Å². The number of carbonyl (C=O) groups is 1. The molecular weight excluding hydrogens is 396 g/mol. The lowest BCUT2D eigenvalue weighted by Crippen LogP contribution is -2.39. The smallest absolute Gasteiger partial charge is 0.228 e. The molecule has 0 saturated carbocycles. The van der Waals surface area contributed by atoms with Gasteiger partial charge in [0, 0.05) is 18.5 Å². The normalized spacial score (nSPS) is 20.8. The van der Waals surface area contributed by atoms with Crippen LogP contribution in [0.4, 0.5) is 0 Å². The molecule has 0 saturated heterocycles. The fraction of sp³-hybridized carbons (Fsp3) is 0.417. The topological polar surface area (TPSA) is 96.0 Å². The molecule has 164 valence electrons. The summed E-state index contributed by atoms with van der Waals surface area (Å²) in [4.78, 5) is 14.8. The first-order valence-corrected chi connectivity index (χ1v) is 10.8. The van der Waals surface area contributed by atoms with Crippen molar-refractivity contribution in [1.29, 1.82) is 0 Å². The monoisotopic (exact) mass is 424 g/mol. The zero-order valence-corrected chi connectivity index (χ0v) is 17.4. The Morgan fingerprint density at radius 2 is 1.84 bits per heavy atom. The number of para-hydroxylation sites is 2. The van der Waals surface area contributed by atoms with E-state index in [2.05, 4.69) is 5.16 Å². The quantitative estimate of drug-likeness (QED) is 0.657. The van der Waals surface area contributed by atoms with Gasteiger partial charge in [-0.3, -0.25) is 4.79 Å². The maximum Gasteiger partial charge on any atom is 0.228 e. The van der Waals surface area contributed by atoms with Gasteiger partial charge in [-0.25, -0.2) is 0 Å².